The van der Waals surface area contributed by atoms with E-state index in [1.807, 2.05) is 11.8 Å². The van der Waals surface area contributed by atoms with Crippen LogP contribution in [-0.4, -0.2) is 23.9 Å². The molecule has 0 bridgehead atoms. The number of hydrogen-bond acceptors (Lipinski definition) is 3. The maximum Gasteiger partial charge on any atom is 0.573 e. The van der Waals surface area contributed by atoms with Gasteiger partial charge in [0.2, 0.25) is 0 Å². The van der Waals surface area contributed by atoms with Gasteiger partial charge in [-0.1, -0.05) is 19.1 Å². The summed E-state index contributed by atoms with van der Waals surface area (Å²) in [6, 6.07) is 6.26. The Kier molecular flexibility index (Phi) is 4.07. The van der Waals surface area contributed by atoms with Crippen molar-refractivity contribution in [3.05, 3.63) is 29.8 Å². The lowest BCUT2D eigenvalue weighted by Gasteiger charge is -2.27. The second kappa shape index (κ2) is 5.40. The SMILES string of the molecule is CC1CNC(c2ccc(OC(F)(F)F)cc2)CS1. The third-order valence-corrected chi connectivity index (χ3v) is 3.98. The molecule has 2 atom stereocenters. The van der Waals surface area contributed by atoms with Crippen molar-refractivity contribution in [2.24, 2.45) is 0 Å². The van der Waals surface area contributed by atoms with Crippen LogP contribution < -0.4 is 10.1 Å². The summed E-state index contributed by atoms with van der Waals surface area (Å²) in [6.07, 6.45) is -4.63. The molecular formula is C12H14F3NOS. The van der Waals surface area contributed by atoms with E-state index >= 15 is 0 Å². The smallest absolute Gasteiger partial charge is 0.406 e. The first-order valence-electron chi connectivity index (χ1n) is 5.65. The molecule has 1 heterocycles. The van der Waals surface area contributed by atoms with Crippen molar-refractivity contribution >= 4 is 11.8 Å². The van der Waals surface area contributed by atoms with E-state index in [0.717, 1.165) is 17.9 Å². The molecular weight excluding hydrogens is 263 g/mol. The highest BCUT2D eigenvalue weighted by molar-refractivity contribution is 8.00. The lowest BCUT2D eigenvalue weighted by Crippen LogP contribution is -2.34. The van der Waals surface area contributed by atoms with Gasteiger partial charge in [-0.25, -0.2) is 0 Å². The fraction of sp³-hybridized carbons (Fsp3) is 0.500. The molecule has 2 rings (SSSR count). The van der Waals surface area contributed by atoms with Crippen LogP contribution in [0.5, 0.6) is 5.75 Å². The van der Waals surface area contributed by atoms with Gasteiger partial charge in [0.1, 0.15) is 5.75 Å². The Labute approximate surface area is 108 Å². The van der Waals surface area contributed by atoms with Crippen LogP contribution in [0.25, 0.3) is 0 Å². The van der Waals surface area contributed by atoms with Crippen LogP contribution in [0.4, 0.5) is 13.2 Å². The van der Waals surface area contributed by atoms with Gasteiger partial charge in [0.05, 0.1) is 0 Å². The molecule has 0 spiro atoms. The Morgan fingerprint density at radius 3 is 2.44 bits per heavy atom. The first-order valence-corrected chi connectivity index (χ1v) is 6.69. The predicted octanol–water partition coefficient (Wildman–Crippen LogP) is 3.35. The molecule has 2 nitrogen and oxygen atoms in total. The van der Waals surface area contributed by atoms with Crippen molar-refractivity contribution < 1.29 is 17.9 Å². The van der Waals surface area contributed by atoms with E-state index in [9.17, 15) is 13.2 Å². The number of ether oxygens (including phenoxy) is 1. The number of alkyl halides is 3. The van der Waals surface area contributed by atoms with E-state index in [1.165, 1.54) is 12.1 Å². The van der Waals surface area contributed by atoms with E-state index in [4.69, 9.17) is 0 Å². The zero-order chi connectivity index (χ0) is 13.2. The van der Waals surface area contributed by atoms with Crippen LogP contribution in [0.2, 0.25) is 0 Å². The fourth-order valence-corrected chi connectivity index (χ4v) is 2.85. The van der Waals surface area contributed by atoms with Gasteiger partial charge < -0.3 is 10.1 Å². The van der Waals surface area contributed by atoms with Crippen molar-refractivity contribution in [2.75, 3.05) is 12.3 Å². The molecule has 1 aromatic carbocycles. The molecule has 6 heteroatoms. The lowest BCUT2D eigenvalue weighted by atomic mass is 10.1. The van der Waals surface area contributed by atoms with Gasteiger partial charge in [0.15, 0.2) is 0 Å². The summed E-state index contributed by atoms with van der Waals surface area (Å²) >= 11 is 1.86. The molecule has 1 fully saturated rings. The van der Waals surface area contributed by atoms with Crippen molar-refractivity contribution in [1.82, 2.24) is 5.32 Å². The summed E-state index contributed by atoms with van der Waals surface area (Å²) in [5, 5.41) is 3.95. The number of hydrogen-bond donors (Lipinski definition) is 1. The minimum atomic E-state index is -4.63. The molecule has 100 valence electrons. The largest absolute Gasteiger partial charge is 0.573 e. The Morgan fingerprint density at radius 1 is 1.28 bits per heavy atom. The summed E-state index contributed by atoms with van der Waals surface area (Å²) in [6.45, 7) is 3.06. The molecule has 1 aliphatic heterocycles. The predicted molar refractivity (Wildman–Crippen MR) is 65.8 cm³/mol. The molecule has 18 heavy (non-hydrogen) atoms. The normalized spacial score (nSPS) is 24.9. The molecule has 0 amide bonds. The van der Waals surface area contributed by atoms with Gasteiger partial charge in [-0.3, -0.25) is 0 Å². The first-order chi connectivity index (χ1) is 8.44. The Hall–Kier alpha value is -0.880. The van der Waals surface area contributed by atoms with Gasteiger partial charge in [-0.05, 0) is 17.7 Å². The second-order valence-corrected chi connectivity index (χ2v) is 5.69. The molecule has 1 aliphatic rings. The van der Waals surface area contributed by atoms with Crippen LogP contribution in [0.15, 0.2) is 24.3 Å². The summed E-state index contributed by atoms with van der Waals surface area (Å²) in [5.41, 5.74) is 0.990. The van der Waals surface area contributed by atoms with Gasteiger partial charge in [0.25, 0.3) is 0 Å². The quantitative estimate of drug-likeness (QED) is 0.895. The number of rotatable bonds is 2. The maximum atomic E-state index is 12.0. The number of halogens is 3. The van der Waals surface area contributed by atoms with Gasteiger partial charge in [-0.2, -0.15) is 11.8 Å². The minimum Gasteiger partial charge on any atom is -0.406 e. The summed E-state index contributed by atoms with van der Waals surface area (Å²) in [5.74, 6) is 0.753. The summed E-state index contributed by atoms with van der Waals surface area (Å²) in [7, 11) is 0. The average Bonchev–Trinajstić information content (AvgIpc) is 2.29. The van der Waals surface area contributed by atoms with Crippen molar-refractivity contribution in [3.63, 3.8) is 0 Å². The van der Waals surface area contributed by atoms with Gasteiger partial charge in [-0.15, -0.1) is 13.2 Å². The highest BCUT2D eigenvalue weighted by Gasteiger charge is 2.31. The third-order valence-electron chi connectivity index (χ3n) is 2.72. The summed E-state index contributed by atoms with van der Waals surface area (Å²) < 4.78 is 39.8. The van der Waals surface area contributed by atoms with E-state index < -0.39 is 6.36 Å². The standard InChI is InChI=1S/C12H14F3NOS/c1-8-6-16-11(7-18-8)9-2-4-10(5-3-9)17-12(13,14)15/h2-5,8,11,16H,6-7H2,1H3. The minimum absolute atomic E-state index is 0.178. The highest BCUT2D eigenvalue weighted by Crippen LogP contribution is 2.28. The van der Waals surface area contributed by atoms with Gasteiger partial charge in [0, 0.05) is 23.6 Å². The molecule has 0 saturated carbocycles. The fourth-order valence-electron chi connectivity index (χ4n) is 1.80. The number of thioether (sulfide) groups is 1. The lowest BCUT2D eigenvalue weighted by molar-refractivity contribution is -0.274. The van der Waals surface area contributed by atoms with E-state index in [0.29, 0.717) is 5.25 Å². The van der Waals surface area contributed by atoms with Crippen LogP contribution in [-0.2, 0) is 0 Å². The third kappa shape index (κ3) is 3.81. The monoisotopic (exact) mass is 277 g/mol. The molecule has 0 radical (unpaired) electrons. The Bertz CT molecular complexity index is 385. The first kappa shape index (κ1) is 13.5. The van der Waals surface area contributed by atoms with Crippen molar-refractivity contribution in [3.8, 4) is 5.75 Å². The van der Waals surface area contributed by atoms with E-state index in [1.54, 1.807) is 12.1 Å². The van der Waals surface area contributed by atoms with Crippen LogP contribution in [0, 0.1) is 0 Å². The molecule has 0 aliphatic carbocycles. The molecule has 0 aromatic heterocycles. The maximum absolute atomic E-state index is 12.0. The topological polar surface area (TPSA) is 21.3 Å². The second-order valence-electron chi connectivity index (χ2n) is 4.22. The van der Waals surface area contributed by atoms with Crippen LogP contribution in [0.3, 0.4) is 0 Å². The zero-order valence-corrected chi connectivity index (χ0v) is 10.6. The van der Waals surface area contributed by atoms with Crippen LogP contribution in [0.1, 0.15) is 18.5 Å². The highest BCUT2D eigenvalue weighted by atomic mass is 32.2. The zero-order valence-electron chi connectivity index (χ0n) is 9.83. The summed E-state index contributed by atoms with van der Waals surface area (Å²) in [4.78, 5) is 0. The average molecular weight is 277 g/mol. The van der Waals surface area contributed by atoms with E-state index in [-0.39, 0.29) is 11.8 Å². The Morgan fingerprint density at radius 2 is 1.94 bits per heavy atom. The molecule has 1 aromatic rings. The van der Waals surface area contributed by atoms with Crippen molar-refractivity contribution in [2.45, 2.75) is 24.6 Å². The van der Waals surface area contributed by atoms with Gasteiger partial charge >= 0.3 is 6.36 Å². The van der Waals surface area contributed by atoms with Crippen molar-refractivity contribution in [1.29, 1.82) is 0 Å². The van der Waals surface area contributed by atoms with E-state index in [2.05, 4.69) is 17.0 Å². The Balaban J connectivity index is 1.99. The number of benzene rings is 1. The molecule has 1 saturated heterocycles. The molecule has 2 unspecified atom stereocenters. The van der Waals surface area contributed by atoms with Crippen LogP contribution >= 0.6 is 11.8 Å². The molecule has 1 N–H and O–H groups in total. The number of nitrogens with one attached hydrogen (secondary N) is 1.